The van der Waals surface area contributed by atoms with Gasteiger partial charge in [-0.3, -0.25) is 9.10 Å². The van der Waals surface area contributed by atoms with Crippen LogP contribution in [0.3, 0.4) is 0 Å². The first-order valence-corrected chi connectivity index (χ1v) is 11.9. The number of carbonyl (C=O) groups excluding carboxylic acids is 1. The van der Waals surface area contributed by atoms with E-state index in [4.69, 9.17) is 18.9 Å². The van der Waals surface area contributed by atoms with Gasteiger partial charge in [0.25, 0.3) is 10.0 Å². The number of nitrogens with zero attached hydrogens (tertiary/aromatic N) is 1. The highest BCUT2D eigenvalue weighted by molar-refractivity contribution is 7.92. The number of anilines is 2. The summed E-state index contributed by atoms with van der Waals surface area (Å²) in [5.74, 6) is 1.33. The smallest absolute Gasteiger partial charge is 0.264 e. The van der Waals surface area contributed by atoms with Crippen LogP contribution in [0.15, 0.2) is 71.6 Å². The van der Waals surface area contributed by atoms with Crippen LogP contribution in [0.5, 0.6) is 23.0 Å². The molecule has 1 amide bonds. The molecule has 1 aliphatic rings. The summed E-state index contributed by atoms with van der Waals surface area (Å²) in [5.41, 5.74) is 0.706. The maximum atomic E-state index is 13.5. The summed E-state index contributed by atoms with van der Waals surface area (Å²) in [6.07, 6.45) is 0. The number of hydrogen-bond acceptors (Lipinski definition) is 7. The van der Waals surface area contributed by atoms with Gasteiger partial charge in [0.1, 0.15) is 19.8 Å². The molecule has 34 heavy (non-hydrogen) atoms. The fourth-order valence-electron chi connectivity index (χ4n) is 3.47. The molecule has 3 aromatic carbocycles. The Morgan fingerprint density at radius 1 is 0.912 bits per heavy atom. The highest BCUT2D eigenvalue weighted by Gasteiger charge is 2.28. The summed E-state index contributed by atoms with van der Waals surface area (Å²) in [6.45, 7) is 0.291. The van der Waals surface area contributed by atoms with E-state index >= 15 is 0 Å². The van der Waals surface area contributed by atoms with Crippen LogP contribution >= 0.6 is 0 Å². The quantitative estimate of drug-likeness (QED) is 0.523. The topological polar surface area (TPSA) is 103 Å². The van der Waals surface area contributed by atoms with Crippen molar-refractivity contribution in [2.75, 3.05) is 43.6 Å². The lowest BCUT2D eigenvalue weighted by atomic mass is 10.2. The normalized spacial score (nSPS) is 12.5. The zero-order valence-electron chi connectivity index (χ0n) is 18.7. The molecule has 0 radical (unpaired) electrons. The third-order valence-corrected chi connectivity index (χ3v) is 6.89. The monoisotopic (exact) mass is 484 g/mol. The van der Waals surface area contributed by atoms with Gasteiger partial charge in [0, 0.05) is 17.8 Å². The van der Waals surface area contributed by atoms with Crippen LogP contribution < -0.4 is 28.6 Å². The standard InChI is InChI=1S/C24H24N2O7S/c1-30-20-10-8-17(14-22(20)31-2)25-24(27)16-26(34(28,29)19-6-4-3-5-7-19)18-9-11-21-23(15-18)33-13-12-32-21/h3-11,14-15H,12-13,16H2,1-2H3,(H,25,27). The van der Waals surface area contributed by atoms with Gasteiger partial charge in [-0.2, -0.15) is 0 Å². The minimum absolute atomic E-state index is 0.0591. The van der Waals surface area contributed by atoms with Crippen molar-refractivity contribution < 1.29 is 32.2 Å². The molecule has 9 nitrogen and oxygen atoms in total. The average Bonchev–Trinajstić information content (AvgIpc) is 2.87. The van der Waals surface area contributed by atoms with Crippen LogP contribution in [0, 0.1) is 0 Å². The fraction of sp³-hybridized carbons (Fsp3) is 0.208. The molecule has 0 saturated carbocycles. The average molecular weight is 485 g/mol. The van der Waals surface area contributed by atoms with Crippen molar-refractivity contribution in [1.82, 2.24) is 0 Å². The Kier molecular flexibility index (Phi) is 6.78. The molecule has 3 aromatic rings. The minimum atomic E-state index is -4.06. The summed E-state index contributed by atoms with van der Waals surface area (Å²) in [5, 5.41) is 2.72. The Labute approximate surface area is 197 Å². The summed E-state index contributed by atoms with van der Waals surface area (Å²) in [6, 6.07) is 17.6. The number of fused-ring (bicyclic) bond motifs is 1. The molecular weight excluding hydrogens is 460 g/mol. The van der Waals surface area contributed by atoms with Crippen molar-refractivity contribution in [3.05, 3.63) is 66.7 Å². The summed E-state index contributed by atoms with van der Waals surface area (Å²) < 4.78 is 49.7. The number of methoxy groups -OCH3 is 2. The molecule has 0 spiro atoms. The number of ether oxygens (including phenoxy) is 4. The van der Waals surface area contributed by atoms with Crippen molar-refractivity contribution >= 4 is 27.3 Å². The lowest BCUT2D eigenvalue weighted by Gasteiger charge is -2.26. The van der Waals surface area contributed by atoms with Gasteiger partial charge in [-0.1, -0.05) is 18.2 Å². The number of benzene rings is 3. The van der Waals surface area contributed by atoms with E-state index in [0.717, 1.165) is 4.31 Å². The second-order valence-electron chi connectivity index (χ2n) is 7.27. The molecule has 4 rings (SSSR count). The molecule has 1 N–H and O–H groups in total. The van der Waals surface area contributed by atoms with E-state index in [1.54, 1.807) is 54.6 Å². The molecule has 0 aromatic heterocycles. The second-order valence-corrected chi connectivity index (χ2v) is 9.13. The molecule has 0 bridgehead atoms. The number of carbonyl (C=O) groups is 1. The largest absolute Gasteiger partial charge is 0.493 e. The van der Waals surface area contributed by atoms with Gasteiger partial charge in [0.05, 0.1) is 24.8 Å². The first-order valence-electron chi connectivity index (χ1n) is 10.4. The van der Waals surface area contributed by atoms with Gasteiger partial charge in [0.15, 0.2) is 23.0 Å². The zero-order chi connectivity index (χ0) is 24.1. The Morgan fingerprint density at radius 3 is 2.32 bits per heavy atom. The molecule has 1 heterocycles. The molecule has 1 aliphatic heterocycles. The predicted octanol–water partition coefficient (Wildman–Crippen LogP) is 3.31. The highest BCUT2D eigenvalue weighted by Crippen LogP contribution is 2.36. The van der Waals surface area contributed by atoms with E-state index in [2.05, 4.69) is 5.32 Å². The number of amides is 1. The number of hydrogen-bond donors (Lipinski definition) is 1. The van der Waals surface area contributed by atoms with Crippen molar-refractivity contribution in [1.29, 1.82) is 0 Å². The third-order valence-electron chi connectivity index (χ3n) is 5.10. The number of rotatable bonds is 8. The van der Waals surface area contributed by atoms with Crippen molar-refractivity contribution in [3.63, 3.8) is 0 Å². The first-order chi connectivity index (χ1) is 16.4. The number of nitrogens with one attached hydrogen (secondary N) is 1. The summed E-state index contributed by atoms with van der Waals surface area (Å²) in [7, 11) is -1.06. The Hall–Kier alpha value is -3.92. The van der Waals surface area contributed by atoms with Crippen molar-refractivity contribution in [2.24, 2.45) is 0 Å². The summed E-state index contributed by atoms with van der Waals surface area (Å²) in [4.78, 5) is 13.0. The van der Waals surface area contributed by atoms with Gasteiger partial charge < -0.3 is 24.3 Å². The van der Waals surface area contributed by atoms with Crippen molar-refractivity contribution in [2.45, 2.75) is 4.90 Å². The zero-order valence-corrected chi connectivity index (χ0v) is 19.5. The number of sulfonamides is 1. The minimum Gasteiger partial charge on any atom is -0.493 e. The second kappa shape index (κ2) is 9.92. The lowest BCUT2D eigenvalue weighted by molar-refractivity contribution is -0.114. The molecule has 178 valence electrons. The van der Waals surface area contributed by atoms with Crippen LogP contribution in [0.25, 0.3) is 0 Å². The van der Waals surface area contributed by atoms with E-state index < -0.39 is 22.5 Å². The van der Waals surface area contributed by atoms with E-state index in [0.29, 0.717) is 41.9 Å². The fourth-order valence-corrected chi connectivity index (χ4v) is 4.90. The Morgan fingerprint density at radius 2 is 1.62 bits per heavy atom. The SMILES string of the molecule is COc1ccc(NC(=O)CN(c2ccc3c(c2)OCCO3)S(=O)(=O)c2ccccc2)cc1OC. The van der Waals surface area contributed by atoms with Crippen molar-refractivity contribution in [3.8, 4) is 23.0 Å². The van der Waals surface area contributed by atoms with Gasteiger partial charge in [-0.25, -0.2) is 8.42 Å². The Balaban J connectivity index is 1.65. The molecule has 0 fully saturated rings. The van der Waals surface area contributed by atoms with Crippen LogP contribution in [0.1, 0.15) is 0 Å². The maximum absolute atomic E-state index is 13.5. The van der Waals surface area contributed by atoms with Crippen LogP contribution in [0.2, 0.25) is 0 Å². The molecule has 0 aliphatic carbocycles. The van der Waals surface area contributed by atoms with Crippen LogP contribution in [-0.4, -0.2) is 48.3 Å². The first kappa shape index (κ1) is 23.2. The summed E-state index contributed by atoms with van der Waals surface area (Å²) >= 11 is 0. The highest BCUT2D eigenvalue weighted by atomic mass is 32.2. The van der Waals surface area contributed by atoms with Gasteiger partial charge in [0.2, 0.25) is 5.91 Å². The third kappa shape index (κ3) is 4.86. The maximum Gasteiger partial charge on any atom is 0.264 e. The lowest BCUT2D eigenvalue weighted by Crippen LogP contribution is -2.38. The predicted molar refractivity (Wildman–Crippen MR) is 127 cm³/mol. The van der Waals surface area contributed by atoms with Gasteiger partial charge >= 0.3 is 0 Å². The van der Waals surface area contributed by atoms with E-state index in [-0.39, 0.29) is 10.6 Å². The van der Waals surface area contributed by atoms with Crippen LogP contribution in [-0.2, 0) is 14.8 Å². The Bertz CT molecular complexity index is 1280. The van der Waals surface area contributed by atoms with Gasteiger partial charge in [-0.05, 0) is 36.4 Å². The van der Waals surface area contributed by atoms with Gasteiger partial charge in [-0.15, -0.1) is 0 Å². The van der Waals surface area contributed by atoms with E-state index in [1.165, 1.54) is 26.4 Å². The van der Waals surface area contributed by atoms with Crippen LogP contribution in [0.4, 0.5) is 11.4 Å². The molecule has 0 atom stereocenters. The molecule has 0 unspecified atom stereocenters. The molecule has 0 saturated heterocycles. The molecular formula is C24H24N2O7S. The van der Waals surface area contributed by atoms with E-state index in [9.17, 15) is 13.2 Å². The van der Waals surface area contributed by atoms with E-state index in [1.807, 2.05) is 0 Å². The molecule has 10 heteroatoms.